The molecule has 0 heterocycles. The van der Waals surface area contributed by atoms with Crippen LogP contribution in [0.4, 0.5) is 0 Å². The van der Waals surface area contributed by atoms with Crippen LogP contribution in [0.5, 0.6) is 0 Å². The van der Waals surface area contributed by atoms with E-state index in [0.29, 0.717) is 0 Å². The first-order valence-electron chi connectivity index (χ1n) is 3.06. The van der Waals surface area contributed by atoms with E-state index in [1.807, 2.05) is 0 Å². The fraction of sp³-hybridized carbons (Fsp3) is 0.800. The van der Waals surface area contributed by atoms with Crippen molar-refractivity contribution >= 4 is 5.91 Å². The summed E-state index contributed by atoms with van der Waals surface area (Å²) in [4.78, 5) is 24.0. The first kappa shape index (κ1) is 9.67. The molecule has 0 aromatic carbocycles. The van der Waals surface area contributed by atoms with Crippen molar-refractivity contribution in [3.63, 3.8) is 0 Å². The molecule has 0 aliphatic heterocycles. The second-order valence-electron chi connectivity index (χ2n) is 2.12. The zero-order valence-corrected chi connectivity index (χ0v) is 6.36. The average Bonchev–Trinajstić information content (AvgIpc) is 1.82. The lowest BCUT2D eigenvalue weighted by Crippen LogP contribution is -2.34. The van der Waals surface area contributed by atoms with Crippen LogP contribution in [-0.4, -0.2) is 23.6 Å². The van der Waals surface area contributed by atoms with Crippen molar-refractivity contribution in [3.05, 3.63) is 10.1 Å². The van der Waals surface area contributed by atoms with Gasteiger partial charge in [-0.15, -0.1) is 10.1 Å². The molecule has 6 heteroatoms. The number of carbonyl (C=O) groups excluding carboxylic acids is 1. The van der Waals surface area contributed by atoms with E-state index in [0.717, 1.165) is 0 Å². The molecule has 0 fully saturated rings. The summed E-state index contributed by atoms with van der Waals surface area (Å²) in [5.41, 5.74) is 0. The molecule has 1 unspecified atom stereocenters. The predicted molar refractivity (Wildman–Crippen MR) is 36.2 cm³/mol. The zero-order chi connectivity index (χ0) is 8.85. The van der Waals surface area contributed by atoms with E-state index in [9.17, 15) is 14.9 Å². The Morgan fingerprint density at radius 2 is 2.36 bits per heavy atom. The lowest BCUT2D eigenvalue weighted by molar-refractivity contribution is -0.758. The quantitative estimate of drug-likeness (QED) is 0.455. The molecule has 0 saturated carbocycles. The van der Waals surface area contributed by atoms with Gasteiger partial charge in [-0.05, 0) is 6.92 Å². The van der Waals surface area contributed by atoms with Crippen LogP contribution in [0.1, 0.15) is 13.8 Å². The van der Waals surface area contributed by atoms with Crippen LogP contribution in [0.15, 0.2) is 0 Å². The van der Waals surface area contributed by atoms with Gasteiger partial charge in [0.05, 0.1) is 0 Å². The van der Waals surface area contributed by atoms with Crippen LogP contribution in [-0.2, 0) is 9.63 Å². The third-order valence-electron chi connectivity index (χ3n) is 0.880. The van der Waals surface area contributed by atoms with Gasteiger partial charge >= 0.3 is 0 Å². The molecular formula is C5H10N2O4. The maximum absolute atomic E-state index is 10.4. The molecule has 0 aliphatic rings. The monoisotopic (exact) mass is 162 g/mol. The van der Waals surface area contributed by atoms with Crippen molar-refractivity contribution in [2.45, 2.75) is 19.9 Å². The normalized spacial score (nSPS) is 11.8. The molecule has 64 valence electrons. The van der Waals surface area contributed by atoms with Crippen molar-refractivity contribution < 1.29 is 14.7 Å². The summed E-state index contributed by atoms with van der Waals surface area (Å²) in [5.74, 6) is -0.232. The van der Waals surface area contributed by atoms with Gasteiger partial charge in [0.2, 0.25) is 5.91 Å². The SMILES string of the molecule is CC(=O)NC(C)CO[N+](=O)[O-]. The third-order valence-corrected chi connectivity index (χ3v) is 0.880. The highest BCUT2D eigenvalue weighted by Gasteiger charge is 2.04. The van der Waals surface area contributed by atoms with Crippen LogP contribution in [0, 0.1) is 10.1 Å². The van der Waals surface area contributed by atoms with Crippen molar-refractivity contribution in [3.8, 4) is 0 Å². The number of nitrogens with zero attached hydrogens (tertiary/aromatic N) is 1. The fourth-order valence-corrected chi connectivity index (χ4v) is 0.561. The van der Waals surface area contributed by atoms with Crippen LogP contribution in [0.25, 0.3) is 0 Å². The van der Waals surface area contributed by atoms with E-state index < -0.39 is 5.09 Å². The van der Waals surface area contributed by atoms with Gasteiger partial charge in [-0.25, -0.2) is 0 Å². The van der Waals surface area contributed by atoms with Crippen molar-refractivity contribution in [2.24, 2.45) is 0 Å². The molecule has 0 aliphatic carbocycles. The van der Waals surface area contributed by atoms with E-state index in [-0.39, 0.29) is 18.6 Å². The van der Waals surface area contributed by atoms with Crippen LogP contribution >= 0.6 is 0 Å². The molecule has 0 spiro atoms. The highest BCUT2D eigenvalue weighted by atomic mass is 16.9. The summed E-state index contributed by atoms with van der Waals surface area (Å²) >= 11 is 0. The van der Waals surface area contributed by atoms with E-state index in [1.165, 1.54) is 6.92 Å². The molecule has 1 amide bonds. The van der Waals surface area contributed by atoms with Gasteiger partial charge in [-0.1, -0.05) is 0 Å². The minimum Gasteiger partial charge on any atom is -0.352 e. The summed E-state index contributed by atoms with van der Waals surface area (Å²) in [5, 5.41) is 11.2. The summed E-state index contributed by atoms with van der Waals surface area (Å²) in [7, 11) is 0. The molecule has 1 atom stereocenters. The summed E-state index contributed by atoms with van der Waals surface area (Å²) in [6.07, 6.45) is 0. The Hall–Kier alpha value is -1.33. The fourth-order valence-electron chi connectivity index (χ4n) is 0.561. The Kier molecular flexibility index (Phi) is 3.94. The number of amides is 1. The molecule has 6 nitrogen and oxygen atoms in total. The molecule has 0 aromatic heterocycles. The van der Waals surface area contributed by atoms with E-state index in [4.69, 9.17) is 0 Å². The summed E-state index contributed by atoms with van der Waals surface area (Å²) in [6.45, 7) is 2.83. The lowest BCUT2D eigenvalue weighted by Gasteiger charge is -2.09. The molecule has 0 aromatic rings. The largest absolute Gasteiger partial charge is 0.352 e. The van der Waals surface area contributed by atoms with E-state index in [1.54, 1.807) is 6.92 Å². The minimum atomic E-state index is -0.891. The Morgan fingerprint density at radius 1 is 1.82 bits per heavy atom. The Morgan fingerprint density at radius 3 is 2.73 bits per heavy atom. The number of nitrogens with one attached hydrogen (secondary N) is 1. The average molecular weight is 162 g/mol. The van der Waals surface area contributed by atoms with Gasteiger partial charge in [-0.3, -0.25) is 4.79 Å². The third kappa shape index (κ3) is 6.56. The standard InChI is InChI=1S/C5H10N2O4/c1-4(6-5(2)8)3-11-7(9)10/h4H,3H2,1-2H3,(H,6,8). The molecule has 0 rings (SSSR count). The van der Waals surface area contributed by atoms with Crippen molar-refractivity contribution in [1.82, 2.24) is 5.32 Å². The van der Waals surface area contributed by atoms with Crippen LogP contribution < -0.4 is 5.32 Å². The highest BCUT2D eigenvalue weighted by Crippen LogP contribution is 1.83. The maximum Gasteiger partial charge on any atom is 0.294 e. The van der Waals surface area contributed by atoms with Gasteiger partial charge in [-0.2, -0.15) is 0 Å². The minimum absolute atomic E-state index is 0.118. The number of hydrogen-bond donors (Lipinski definition) is 1. The Balaban J connectivity index is 3.44. The Labute approximate surface area is 63.6 Å². The maximum atomic E-state index is 10.4. The summed E-state index contributed by atoms with van der Waals surface area (Å²) in [6, 6.07) is -0.335. The smallest absolute Gasteiger partial charge is 0.294 e. The molecule has 0 radical (unpaired) electrons. The van der Waals surface area contributed by atoms with E-state index in [2.05, 4.69) is 10.2 Å². The highest BCUT2D eigenvalue weighted by molar-refractivity contribution is 5.73. The number of carbonyl (C=O) groups is 1. The number of hydrogen-bond acceptors (Lipinski definition) is 4. The van der Waals surface area contributed by atoms with Crippen LogP contribution in [0.3, 0.4) is 0 Å². The van der Waals surface area contributed by atoms with Gasteiger partial charge < -0.3 is 10.2 Å². The number of rotatable bonds is 4. The van der Waals surface area contributed by atoms with E-state index >= 15 is 0 Å². The second-order valence-corrected chi connectivity index (χ2v) is 2.12. The molecule has 1 N–H and O–H groups in total. The van der Waals surface area contributed by atoms with Gasteiger partial charge in [0.25, 0.3) is 5.09 Å². The van der Waals surface area contributed by atoms with Gasteiger partial charge in [0, 0.05) is 13.0 Å². The van der Waals surface area contributed by atoms with Crippen molar-refractivity contribution in [2.75, 3.05) is 6.61 Å². The lowest BCUT2D eigenvalue weighted by atomic mass is 10.4. The first-order chi connectivity index (χ1) is 5.02. The first-order valence-corrected chi connectivity index (χ1v) is 3.06. The Bertz CT molecular complexity index is 159. The summed E-state index contributed by atoms with van der Waals surface area (Å²) < 4.78 is 0. The van der Waals surface area contributed by atoms with Gasteiger partial charge in [0.1, 0.15) is 6.61 Å². The topological polar surface area (TPSA) is 81.5 Å². The molecule has 11 heavy (non-hydrogen) atoms. The second kappa shape index (κ2) is 4.48. The van der Waals surface area contributed by atoms with Crippen LogP contribution in [0.2, 0.25) is 0 Å². The molecular weight excluding hydrogens is 152 g/mol. The predicted octanol–water partition coefficient (Wildman–Crippen LogP) is -0.281. The zero-order valence-electron chi connectivity index (χ0n) is 6.36. The van der Waals surface area contributed by atoms with Crippen molar-refractivity contribution in [1.29, 1.82) is 0 Å². The van der Waals surface area contributed by atoms with Gasteiger partial charge in [0.15, 0.2) is 0 Å². The molecule has 0 saturated heterocycles. The molecule has 0 bridgehead atoms.